The van der Waals surface area contributed by atoms with Crippen LogP contribution in [0.1, 0.15) is 41.5 Å². The van der Waals surface area contributed by atoms with E-state index in [-0.39, 0.29) is 0 Å². The van der Waals surface area contributed by atoms with E-state index in [1.165, 1.54) is 0 Å². The second-order valence-electron chi connectivity index (χ2n) is 12.7. The van der Waals surface area contributed by atoms with Gasteiger partial charge in [0.05, 0.1) is 82.3 Å². The molecule has 0 saturated heterocycles. The van der Waals surface area contributed by atoms with Crippen molar-refractivity contribution in [2.45, 2.75) is 41.5 Å². The van der Waals surface area contributed by atoms with Crippen molar-refractivity contribution >= 4 is 0 Å². The Labute approximate surface area is 394 Å². The Morgan fingerprint density at radius 2 is 0.379 bits per heavy atom. The van der Waals surface area contributed by atoms with Gasteiger partial charge in [0.15, 0.2) is 0 Å². The van der Waals surface area contributed by atoms with E-state index in [4.69, 9.17) is 56.8 Å². The van der Waals surface area contributed by atoms with Gasteiger partial charge in [-0.15, -0.1) is 0 Å². The van der Waals surface area contributed by atoms with E-state index in [1.54, 1.807) is 42.7 Å². The zero-order valence-electron chi connectivity index (χ0n) is 41.0. The van der Waals surface area contributed by atoms with Crippen LogP contribution < -0.4 is 56.8 Å². The van der Waals surface area contributed by atoms with E-state index in [9.17, 15) is 0 Å². The van der Waals surface area contributed by atoms with Crippen molar-refractivity contribution in [3.8, 4) is 69.0 Å². The molecule has 66 heavy (non-hydrogen) atoms. The second kappa shape index (κ2) is 37.3. The molecule has 6 aromatic carbocycles. The van der Waals surface area contributed by atoms with Crippen molar-refractivity contribution in [2.24, 2.45) is 0 Å². The molecule has 0 spiro atoms. The van der Waals surface area contributed by atoms with Crippen molar-refractivity contribution in [3.63, 3.8) is 0 Å². The highest BCUT2D eigenvalue weighted by molar-refractivity contribution is 5.35. The molecular formula is C54H72O12. The van der Waals surface area contributed by atoms with Crippen LogP contribution in [-0.4, -0.2) is 82.3 Å². The van der Waals surface area contributed by atoms with Crippen LogP contribution in [0, 0.1) is 0 Å². The van der Waals surface area contributed by atoms with E-state index in [0.717, 1.165) is 69.0 Å². The average molecular weight is 913 g/mol. The van der Waals surface area contributed by atoms with Crippen molar-refractivity contribution in [1.29, 1.82) is 0 Å². The van der Waals surface area contributed by atoms with Crippen LogP contribution in [0.15, 0.2) is 146 Å². The van der Waals surface area contributed by atoms with E-state index in [0.29, 0.717) is 39.6 Å². The minimum absolute atomic E-state index is 0.688. The maximum atomic E-state index is 5.31. The molecule has 0 heterocycles. The van der Waals surface area contributed by atoms with Crippen LogP contribution in [0.3, 0.4) is 0 Å². The fourth-order valence-corrected chi connectivity index (χ4v) is 5.09. The summed E-state index contributed by atoms with van der Waals surface area (Å²) in [6.07, 6.45) is 0. The van der Waals surface area contributed by atoms with E-state index >= 15 is 0 Å². The first-order valence-corrected chi connectivity index (χ1v) is 21.8. The monoisotopic (exact) mass is 913 g/mol. The van der Waals surface area contributed by atoms with Crippen LogP contribution in [0.25, 0.3) is 0 Å². The quantitative estimate of drug-likeness (QED) is 0.0818. The summed E-state index contributed by atoms with van der Waals surface area (Å²) in [6.45, 7) is 16.0. The van der Waals surface area contributed by atoms with Crippen LogP contribution in [0.5, 0.6) is 69.0 Å². The molecule has 12 heteroatoms. The largest absolute Gasteiger partial charge is 0.497 e. The molecule has 0 saturated carbocycles. The molecule has 360 valence electrons. The molecule has 6 aromatic rings. The van der Waals surface area contributed by atoms with Gasteiger partial charge in [-0.1, -0.05) is 18.2 Å². The van der Waals surface area contributed by atoms with Gasteiger partial charge < -0.3 is 56.8 Å². The number of ether oxygens (including phenoxy) is 12. The molecular weight excluding hydrogens is 841 g/mol. The maximum absolute atomic E-state index is 5.31. The number of benzene rings is 6. The minimum atomic E-state index is 0.688. The molecule has 0 aliphatic heterocycles. The third-order valence-electron chi connectivity index (χ3n) is 8.17. The van der Waals surface area contributed by atoms with Gasteiger partial charge in [-0.05, 0) is 151 Å². The molecule has 6 rings (SSSR count). The summed E-state index contributed by atoms with van der Waals surface area (Å²) in [5, 5.41) is 0. The number of hydrogen-bond donors (Lipinski definition) is 0. The highest BCUT2D eigenvalue weighted by Gasteiger charge is 1.97. The zero-order valence-corrected chi connectivity index (χ0v) is 41.0. The lowest BCUT2D eigenvalue weighted by atomic mass is 10.3. The fraction of sp³-hybridized carbons (Fsp3) is 0.333. The van der Waals surface area contributed by atoms with Crippen molar-refractivity contribution in [3.05, 3.63) is 146 Å². The first-order chi connectivity index (χ1) is 32.2. The first-order valence-electron chi connectivity index (χ1n) is 21.8. The molecule has 12 nitrogen and oxygen atoms in total. The average Bonchev–Trinajstić information content (AvgIpc) is 3.36. The molecule has 0 aliphatic rings. The highest BCUT2D eigenvalue weighted by Crippen LogP contribution is 2.21. The zero-order chi connectivity index (χ0) is 48.6. The van der Waals surface area contributed by atoms with Crippen molar-refractivity contribution in [2.75, 3.05) is 82.3 Å². The predicted octanol–water partition coefficient (Wildman–Crippen LogP) is 12.6. The summed E-state index contributed by atoms with van der Waals surface area (Å²) in [6, 6.07) is 45.3. The molecule has 0 bridgehead atoms. The summed E-state index contributed by atoms with van der Waals surface area (Å²) >= 11 is 0. The minimum Gasteiger partial charge on any atom is -0.497 e. The Morgan fingerprint density at radius 3 is 0.591 bits per heavy atom. The van der Waals surface area contributed by atoms with Gasteiger partial charge in [-0.25, -0.2) is 0 Å². The lowest BCUT2D eigenvalue weighted by molar-refractivity contribution is 0.323. The van der Waals surface area contributed by atoms with Gasteiger partial charge in [0, 0.05) is 18.2 Å². The van der Waals surface area contributed by atoms with Crippen LogP contribution >= 0.6 is 0 Å². The van der Waals surface area contributed by atoms with Crippen molar-refractivity contribution < 1.29 is 56.8 Å². The molecule has 0 amide bonds. The lowest BCUT2D eigenvalue weighted by Gasteiger charge is -2.05. The Kier molecular flexibility index (Phi) is 32.2. The molecule has 0 radical (unpaired) electrons. The third kappa shape index (κ3) is 25.9. The molecule has 0 unspecified atom stereocenters. The topological polar surface area (TPSA) is 111 Å². The highest BCUT2D eigenvalue weighted by atomic mass is 16.5. The summed E-state index contributed by atoms with van der Waals surface area (Å²) in [5.74, 6) is 10.3. The van der Waals surface area contributed by atoms with Crippen LogP contribution in [0.4, 0.5) is 0 Å². The number of methoxy groups -OCH3 is 6. The Balaban J connectivity index is 0.000000397. The number of rotatable bonds is 18. The summed E-state index contributed by atoms with van der Waals surface area (Å²) < 4.78 is 61.6. The normalized spacial score (nSPS) is 9.27. The van der Waals surface area contributed by atoms with Crippen LogP contribution in [0.2, 0.25) is 0 Å². The summed E-state index contributed by atoms with van der Waals surface area (Å²) in [7, 11) is 9.84. The van der Waals surface area contributed by atoms with E-state index in [1.807, 2.05) is 187 Å². The maximum Gasteiger partial charge on any atom is 0.122 e. The fourth-order valence-electron chi connectivity index (χ4n) is 5.09. The first kappa shape index (κ1) is 56.9. The third-order valence-corrected chi connectivity index (χ3v) is 8.17. The SMILES string of the molecule is CCOc1ccc(OC)cc1.CCOc1ccc(OCC)cc1.CCOc1cccc(OC)c1.CCOc1cccc(OCC)c1.COc1ccc(OC)cc1.COc1cccc(OC)c1. The summed E-state index contributed by atoms with van der Waals surface area (Å²) in [4.78, 5) is 0. The Bertz CT molecular complexity index is 1950. The standard InChI is InChI=1S/2C10H14O2.2C9H12O2.2C8H10O2/c1-3-11-9-5-7-10(8-6-9)12-4-2;1-3-11-9-6-5-7-10(8-9)12-4-2;1-3-11-9-6-4-8(10-2)5-7-9;1-3-11-9-6-4-5-8(7-9)10-2;1-9-7-3-5-8(10-2)6-4-7;1-9-7-4-3-5-8(6-7)10-2/h2*5-8H,3-4H2,1-2H3;2*4-7H,3H2,1-2H3;2*3-6H,1-2H3. The van der Waals surface area contributed by atoms with Gasteiger partial charge >= 0.3 is 0 Å². The molecule has 0 atom stereocenters. The van der Waals surface area contributed by atoms with Gasteiger partial charge in [0.2, 0.25) is 0 Å². The molecule has 0 aliphatic carbocycles. The van der Waals surface area contributed by atoms with Gasteiger partial charge in [-0.2, -0.15) is 0 Å². The van der Waals surface area contributed by atoms with Gasteiger partial charge in [0.1, 0.15) is 69.0 Å². The van der Waals surface area contributed by atoms with Gasteiger partial charge in [-0.3, -0.25) is 0 Å². The van der Waals surface area contributed by atoms with Crippen molar-refractivity contribution in [1.82, 2.24) is 0 Å². The smallest absolute Gasteiger partial charge is 0.122 e. The van der Waals surface area contributed by atoms with Gasteiger partial charge in [0.25, 0.3) is 0 Å². The summed E-state index contributed by atoms with van der Waals surface area (Å²) in [5.41, 5.74) is 0. The second-order valence-corrected chi connectivity index (χ2v) is 12.7. The molecule has 0 fully saturated rings. The Morgan fingerprint density at radius 1 is 0.212 bits per heavy atom. The van der Waals surface area contributed by atoms with Crippen LogP contribution in [-0.2, 0) is 0 Å². The predicted molar refractivity (Wildman–Crippen MR) is 265 cm³/mol. The lowest BCUT2D eigenvalue weighted by Crippen LogP contribution is -1.94. The van der Waals surface area contributed by atoms with E-state index < -0.39 is 0 Å². The molecule has 0 aromatic heterocycles. The Hall–Kier alpha value is -7.08. The number of hydrogen-bond acceptors (Lipinski definition) is 12. The van der Waals surface area contributed by atoms with E-state index in [2.05, 4.69) is 0 Å². The molecule has 0 N–H and O–H groups in total.